The summed E-state index contributed by atoms with van der Waals surface area (Å²) in [6, 6.07) is 0.510. The van der Waals surface area contributed by atoms with E-state index in [0.717, 1.165) is 17.4 Å². The molecule has 140 valence electrons. The van der Waals surface area contributed by atoms with Crippen LogP contribution in [0.4, 0.5) is 18.0 Å². The zero-order chi connectivity index (χ0) is 19.1. The number of fused-ring (bicyclic) bond motifs is 1. The van der Waals surface area contributed by atoms with Crippen LogP contribution in [0.25, 0.3) is 10.2 Å². The van der Waals surface area contributed by atoms with Gasteiger partial charge in [0.2, 0.25) is 5.88 Å². The van der Waals surface area contributed by atoms with Gasteiger partial charge < -0.3 is 20.5 Å². The van der Waals surface area contributed by atoms with Crippen molar-refractivity contribution >= 4 is 33.6 Å². The first-order valence-corrected chi connectivity index (χ1v) is 8.44. The molecule has 3 N–H and O–H groups in total. The van der Waals surface area contributed by atoms with Crippen molar-refractivity contribution in [2.24, 2.45) is 0 Å². The van der Waals surface area contributed by atoms with Gasteiger partial charge in [-0.1, -0.05) is 0 Å². The van der Waals surface area contributed by atoms with Gasteiger partial charge in [0, 0.05) is 37.4 Å². The van der Waals surface area contributed by atoms with E-state index in [4.69, 9.17) is 9.84 Å². The first-order valence-electron chi connectivity index (χ1n) is 7.56. The van der Waals surface area contributed by atoms with Crippen molar-refractivity contribution in [2.75, 3.05) is 7.05 Å². The summed E-state index contributed by atoms with van der Waals surface area (Å²) < 4.78 is 45.5. The minimum atomic E-state index is -4.63. The number of pyridine rings is 1. The standard InChI is InChI=1S/C15H14F3N3O4S/c1-19-13(22)8-5-26-12-9(15(16,17)18)4-10(21-11(8)12)25-7-2-6(3-7)20-14(23)24/h4-7,20H,2-3H2,1H3,(H,19,22)(H,23,24)/t6-,7+. The summed E-state index contributed by atoms with van der Waals surface area (Å²) in [5.74, 6) is -0.782. The fraction of sp³-hybridized carbons (Fsp3) is 0.400. The summed E-state index contributed by atoms with van der Waals surface area (Å²) in [6.45, 7) is 0. The first-order chi connectivity index (χ1) is 12.2. The van der Waals surface area contributed by atoms with Crippen molar-refractivity contribution < 1.29 is 32.6 Å². The Bertz CT molecular complexity index is 862. The SMILES string of the molecule is CNC(=O)c1csc2c(C(F)(F)F)cc(O[C@H]3C[C@@H](NC(=O)O)C3)nc12. The van der Waals surface area contributed by atoms with E-state index in [1.165, 1.54) is 12.4 Å². The fourth-order valence-corrected chi connectivity index (χ4v) is 3.70. The number of amides is 2. The Hall–Kier alpha value is -2.56. The molecule has 1 aliphatic rings. The van der Waals surface area contributed by atoms with Gasteiger partial charge in [-0.05, 0) is 0 Å². The second-order valence-corrected chi connectivity index (χ2v) is 6.65. The molecule has 0 saturated heterocycles. The van der Waals surface area contributed by atoms with E-state index < -0.39 is 29.8 Å². The first kappa shape index (κ1) is 18.2. The van der Waals surface area contributed by atoms with Gasteiger partial charge >= 0.3 is 12.3 Å². The van der Waals surface area contributed by atoms with Crippen molar-refractivity contribution in [3.63, 3.8) is 0 Å². The molecule has 3 rings (SSSR count). The molecule has 2 aromatic heterocycles. The van der Waals surface area contributed by atoms with E-state index >= 15 is 0 Å². The maximum absolute atomic E-state index is 13.4. The highest BCUT2D eigenvalue weighted by Crippen LogP contribution is 2.40. The number of aromatic nitrogens is 1. The Morgan fingerprint density at radius 2 is 2.08 bits per heavy atom. The third-order valence-electron chi connectivity index (χ3n) is 3.99. The molecule has 2 aromatic rings. The number of nitrogens with one attached hydrogen (secondary N) is 2. The van der Waals surface area contributed by atoms with Crippen LogP contribution in [0.3, 0.4) is 0 Å². The number of carbonyl (C=O) groups is 2. The molecular weight excluding hydrogens is 375 g/mol. The Kier molecular flexibility index (Phi) is 4.65. The second-order valence-electron chi connectivity index (χ2n) is 5.77. The minimum absolute atomic E-state index is 0.0440. The van der Waals surface area contributed by atoms with Crippen LogP contribution < -0.4 is 15.4 Å². The lowest BCUT2D eigenvalue weighted by Crippen LogP contribution is -2.48. The minimum Gasteiger partial charge on any atom is -0.474 e. The summed E-state index contributed by atoms with van der Waals surface area (Å²) in [5, 5.41) is 14.6. The fourth-order valence-electron chi connectivity index (χ4n) is 2.68. The monoisotopic (exact) mass is 389 g/mol. The number of carboxylic acid groups (broad SMARTS) is 1. The van der Waals surface area contributed by atoms with Crippen LogP contribution in [0.15, 0.2) is 11.4 Å². The van der Waals surface area contributed by atoms with Gasteiger partial charge in [-0.25, -0.2) is 9.78 Å². The van der Waals surface area contributed by atoms with Crippen molar-refractivity contribution in [1.29, 1.82) is 0 Å². The van der Waals surface area contributed by atoms with E-state index in [9.17, 15) is 22.8 Å². The molecule has 1 fully saturated rings. The van der Waals surface area contributed by atoms with Gasteiger partial charge in [0.15, 0.2) is 0 Å². The van der Waals surface area contributed by atoms with Gasteiger partial charge in [0.05, 0.1) is 21.3 Å². The number of nitrogens with zero attached hydrogens (tertiary/aromatic N) is 1. The van der Waals surface area contributed by atoms with Crippen molar-refractivity contribution in [1.82, 2.24) is 15.6 Å². The Labute approximate surface area is 149 Å². The van der Waals surface area contributed by atoms with E-state index in [1.54, 1.807) is 0 Å². The number of ether oxygens (including phenoxy) is 1. The lowest BCUT2D eigenvalue weighted by Gasteiger charge is -2.34. The number of thiophene rings is 1. The molecule has 2 amide bonds. The highest BCUT2D eigenvalue weighted by atomic mass is 32.1. The summed E-state index contributed by atoms with van der Waals surface area (Å²) in [4.78, 5) is 26.5. The maximum Gasteiger partial charge on any atom is 0.418 e. The predicted molar refractivity (Wildman–Crippen MR) is 86.6 cm³/mol. The van der Waals surface area contributed by atoms with Gasteiger partial charge in [-0.2, -0.15) is 13.2 Å². The van der Waals surface area contributed by atoms with Crippen LogP contribution in [0.2, 0.25) is 0 Å². The number of alkyl halides is 3. The van der Waals surface area contributed by atoms with Crippen molar-refractivity contribution in [3.8, 4) is 5.88 Å². The molecule has 0 unspecified atom stereocenters. The Balaban J connectivity index is 1.91. The molecule has 26 heavy (non-hydrogen) atoms. The molecule has 0 spiro atoms. The molecular formula is C15H14F3N3O4S. The van der Waals surface area contributed by atoms with Gasteiger partial charge in [0.25, 0.3) is 5.91 Å². The maximum atomic E-state index is 13.4. The number of carbonyl (C=O) groups excluding carboxylic acids is 1. The molecule has 0 atom stereocenters. The molecule has 0 aliphatic heterocycles. The van der Waals surface area contributed by atoms with Crippen molar-refractivity contribution in [3.05, 3.63) is 22.6 Å². The Morgan fingerprint density at radius 1 is 1.38 bits per heavy atom. The van der Waals surface area contributed by atoms with E-state index in [0.29, 0.717) is 12.8 Å². The normalized spacial score (nSPS) is 19.7. The third kappa shape index (κ3) is 3.52. The van der Waals surface area contributed by atoms with Gasteiger partial charge in [0.1, 0.15) is 6.10 Å². The molecule has 1 aliphatic carbocycles. The van der Waals surface area contributed by atoms with E-state index in [-0.39, 0.29) is 27.7 Å². The topological polar surface area (TPSA) is 101 Å². The number of halogens is 3. The third-order valence-corrected chi connectivity index (χ3v) is 4.99. The predicted octanol–water partition coefficient (Wildman–Crippen LogP) is 2.85. The van der Waals surface area contributed by atoms with Gasteiger partial charge in [-0.15, -0.1) is 11.3 Å². The number of rotatable bonds is 4. The highest BCUT2D eigenvalue weighted by Gasteiger charge is 2.37. The van der Waals surface area contributed by atoms with Crippen LogP contribution in [-0.4, -0.2) is 41.3 Å². The van der Waals surface area contributed by atoms with Crippen LogP contribution in [0, 0.1) is 0 Å². The van der Waals surface area contributed by atoms with Crippen LogP contribution in [-0.2, 0) is 6.18 Å². The smallest absolute Gasteiger partial charge is 0.418 e. The van der Waals surface area contributed by atoms with Gasteiger partial charge in [-0.3, -0.25) is 4.79 Å². The zero-order valence-electron chi connectivity index (χ0n) is 13.4. The summed E-state index contributed by atoms with van der Waals surface area (Å²) in [5.41, 5.74) is -0.946. The second kappa shape index (κ2) is 6.63. The quantitative estimate of drug-likeness (QED) is 0.747. The summed E-state index contributed by atoms with van der Waals surface area (Å²) >= 11 is 0.792. The van der Waals surface area contributed by atoms with Crippen molar-refractivity contribution in [2.45, 2.75) is 31.2 Å². The van der Waals surface area contributed by atoms with Crippen LogP contribution in [0.5, 0.6) is 5.88 Å². The van der Waals surface area contributed by atoms with Crippen LogP contribution >= 0.6 is 11.3 Å². The molecule has 11 heteroatoms. The average molecular weight is 389 g/mol. The Morgan fingerprint density at radius 3 is 2.65 bits per heavy atom. The molecule has 0 aromatic carbocycles. The highest BCUT2D eigenvalue weighted by molar-refractivity contribution is 7.17. The summed E-state index contributed by atoms with van der Waals surface area (Å²) in [7, 11) is 1.38. The van der Waals surface area contributed by atoms with Crippen LogP contribution in [0.1, 0.15) is 28.8 Å². The average Bonchev–Trinajstić information content (AvgIpc) is 2.93. The lowest BCUT2D eigenvalue weighted by molar-refractivity contribution is -0.136. The lowest BCUT2D eigenvalue weighted by atomic mass is 9.89. The zero-order valence-corrected chi connectivity index (χ0v) is 14.2. The molecule has 0 radical (unpaired) electrons. The molecule has 7 nitrogen and oxygen atoms in total. The molecule has 2 heterocycles. The molecule has 0 bridgehead atoms. The number of hydrogen-bond acceptors (Lipinski definition) is 5. The van der Waals surface area contributed by atoms with E-state index in [1.807, 2.05) is 0 Å². The largest absolute Gasteiger partial charge is 0.474 e. The number of hydrogen-bond donors (Lipinski definition) is 3. The molecule has 1 saturated carbocycles. The summed E-state index contributed by atoms with van der Waals surface area (Å²) in [6.07, 6.45) is -5.57. The van der Waals surface area contributed by atoms with E-state index in [2.05, 4.69) is 15.6 Å².